The van der Waals surface area contributed by atoms with Gasteiger partial charge in [0.2, 0.25) is 5.91 Å². The van der Waals surface area contributed by atoms with Crippen molar-refractivity contribution in [1.29, 1.82) is 0 Å². The topological polar surface area (TPSA) is 64.3 Å². The van der Waals surface area contributed by atoms with Crippen LogP contribution in [-0.2, 0) is 9.63 Å². The maximum atomic E-state index is 10.4. The molecule has 0 bridgehead atoms. The van der Waals surface area contributed by atoms with Gasteiger partial charge in [0.1, 0.15) is 6.61 Å². The minimum Gasteiger partial charge on any atom is -0.368 e. The van der Waals surface area contributed by atoms with Gasteiger partial charge in [-0.1, -0.05) is 19.8 Å². The number of primary amides is 1. The third-order valence-electron chi connectivity index (χ3n) is 2.40. The van der Waals surface area contributed by atoms with Gasteiger partial charge in [0, 0.05) is 6.04 Å². The summed E-state index contributed by atoms with van der Waals surface area (Å²) in [5, 5.41) is 0. The fourth-order valence-corrected chi connectivity index (χ4v) is 1.77. The van der Waals surface area contributed by atoms with Crippen LogP contribution in [0.15, 0.2) is 0 Å². The third-order valence-corrected chi connectivity index (χ3v) is 2.40. The van der Waals surface area contributed by atoms with Crippen LogP contribution >= 0.6 is 0 Å². The number of nitrogens with one attached hydrogen (secondary N) is 1. The van der Waals surface area contributed by atoms with Gasteiger partial charge in [0.25, 0.3) is 0 Å². The van der Waals surface area contributed by atoms with E-state index in [9.17, 15) is 4.79 Å². The summed E-state index contributed by atoms with van der Waals surface area (Å²) in [6.45, 7) is 2.20. The van der Waals surface area contributed by atoms with Gasteiger partial charge in [-0.15, -0.1) is 0 Å². The lowest BCUT2D eigenvalue weighted by Crippen LogP contribution is -2.35. The van der Waals surface area contributed by atoms with Crippen molar-refractivity contribution in [2.24, 2.45) is 11.7 Å². The average molecular weight is 186 g/mol. The Hall–Kier alpha value is -0.610. The Morgan fingerprint density at radius 1 is 1.62 bits per heavy atom. The SMILES string of the molecule is CC1CCCC(NOCC(N)=O)C1. The van der Waals surface area contributed by atoms with Crippen LogP contribution in [0.3, 0.4) is 0 Å². The van der Waals surface area contributed by atoms with Crippen LogP contribution in [-0.4, -0.2) is 18.6 Å². The molecule has 1 saturated carbocycles. The molecule has 13 heavy (non-hydrogen) atoms. The molecule has 4 heteroatoms. The number of amides is 1. The lowest BCUT2D eigenvalue weighted by Gasteiger charge is -2.26. The summed E-state index contributed by atoms with van der Waals surface area (Å²) in [5.74, 6) is 0.319. The molecule has 2 atom stereocenters. The first kappa shape index (κ1) is 10.5. The minimum atomic E-state index is -0.434. The number of nitrogens with two attached hydrogens (primary N) is 1. The molecule has 0 heterocycles. The van der Waals surface area contributed by atoms with Crippen molar-refractivity contribution >= 4 is 5.91 Å². The fourth-order valence-electron chi connectivity index (χ4n) is 1.77. The van der Waals surface area contributed by atoms with E-state index in [-0.39, 0.29) is 6.61 Å². The maximum absolute atomic E-state index is 10.4. The zero-order chi connectivity index (χ0) is 9.68. The van der Waals surface area contributed by atoms with Gasteiger partial charge in [-0.2, -0.15) is 5.48 Å². The maximum Gasteiger partial charge on any atom is 0.245 e. The summed E-state index contributed by atoms with van der Waals surface area (Å²) < 4.78 is 0. The van der Waals surface area contributed by atoms with Crippen molar-refractivity contribution in [3.8, 4) is 0 Å². The van der Waals surface area contributed by atoms with Gasteiger partial charge in [-0.25, -0.2) is 0 Å². The highest BCUT2D eigenvalue weighted by Crippen LogP contribution is 2.23. The van der Waals surface area contributed by atoms with Gasteiger partial charge >= 0.3 is 0 Å². The summed E-state index contributed by atoms with van der Waals surface area (Å²) in [4.78, 5) is 15.3. The number of hydroxylamine groups is 1. The standard InChI is InChI=1S/C9H18N2O2/c1-7-3-2-4-8(5-7)11-13-6-9(10)12/h7-8,11H,2-6H2,1H3,(H2,10,12). The molecular formula is C9H18N2O2. The molecule has 0 aromatic rings. The van der Waals surface area contributed by atoms with Gasteiger partial charge in [-0.05, 0) is 18.8 Å². The van der Waals surface area contributed by atoms with Gasteiger partial charge < -0.3 is 5.73 Å². The average Bonchev–Trinajstić information content (AvgIpc) is 2.03. The van der Waals surface area contributed by atoms with Crippen LogP contribution < -0.4 is 11.2 Å². The fraction of sp³-hybridized carbons (Fsp3) is 0.889. The van der Waals surface area contributed by atoms with E-state index in [0.717, 1.165) is 18.8 Å². The second-order valence-corrected chi connectivity index (χ2v) is 3.84. The first-order valence-corrected chi connectivity index (χ1v) is 4.84. The Morgan fingerprint density at radius 3 is 3.00 bits per heavy atom. The Labute approximate surface area is 78.8 Å². The molecule has 1 aliphatic rings. The van der Waals surface area contributed by atoms with Crippen molar-refractivity contribution in [3.63, 3.8) is 0 Å². The van der Waals surface area contributed by atoms with Crippen LogP contribution in [0.2, 0.25) is 0 Å². The van der Waals surface area contributed by atoms with E-state index >= 15 is 0 Å². The van der Waals surface area contributed by atoms with Gasteiger partial charge in [0.15, 0.2) is 0 Å². The molecule has 1 rings (SSSR count). The number of rotatable bonds is 4. The molecule has 1 aliphatic carbocycles. The number of hydrogen-bond donors (Lipinski definition) is 2. The minimum absolute atomic E-state index is 0.0368. The van der Waals surface area contributed by atoms with E-state index in [2.05, 4.69) is 12.4 Å². The van der Waals surface area contributed by atoms with E-state index in [1.807, 2.05) is 0 Å². The molecule has 4 nitrogen and oxygen atoms in total. The van der Waals surface area contributed by atoms with Crippen molar-refractivity contribution in [2.75, 3.05) is 6.61 Å². The van der Waals surface area contributed by atoms with E-state index in [1.165, 1.54) is 12.8 Å². The Bertz CT molecular complexity index is 173. The Balaban J connectivity index is 2.10. The molecule has 1 fully saturated rings. The van der Waals surface area contributed by atoms with Crippen LogP contribution in [0.1, 0.15) is 32.6 Å². The lowest BCUT2D eigenvalue weighted by molar-refractivity contribution is -0.126. The van der Waals surface area contributed by atoms with E-state index in [4.69, 9.17) is 10.6 Å². The zero-order valence-corrected chi connectivity index (χ0v) is 8.08. The highest BCUT2D eigenvalue weighted by molar-refractivity contribution is 5.74. The number of hydrogen-bond acceptors (Lipinski definition) is 3. The molecule has 0 spiro atoms. The lowest BCUT2D eigenvalue weighted by atomic mass is 9.87. The van der Waals surface area contributed by atoms with E-state index in [1.54, 1.807) is 0 Å². The van der Waals surface area contributed by atoms with Crippen molar-refractivity contribution < 1.29 is 9.63 Å². The number of carbonyl (C=O) groups excluding carboxylic acids is 1. The molecular weight excluding hydrogens is 168 g/mol. The predicted molar refractivity (Wildman–Crippen MR) is 49.7 cm³/mol. The second kappa shape index (κ2) is 5.19. The summed E-state index contributed by atoms with van der Waals surface area (Å²) in [5.41, 5.74) is 7.81. The first-order chi connectivity index (χ1) is 6.18. The molecule has 3 N–H and O–H groups in total. The first-order valence-electron chi connectivity index (χ1n) is 4.84. The van der Waals surface area contributed by atoms with E-state index in [0.29, 0.717) is 6.04 Å². The van der Waals surface area contributed by atoms with Crippen LogP contribution in [0.5, 0.6) is 0 Å². The molecule has 1 amide bonds. The summed E-state index contributed by atoms with van der Waals surface area (Å²) in [6.07, 6.45) is 4.79. The monoisotopic (exact) mass is 186 g/mol. The quantitative estimate of drug-likeness (QED) is 0.631. The third kappa shape index (κ3) is 4.24. The Kier molecular flexibility index (Phi) is 4.18. The summed E-state index contributed by atoms with van der Waals surface area (Å²) in [6, 6.07) is 0.392. The van der Waals surface area contributed by atoms with Crippen LogP contribution in [0, 0.1) is 5.92 Å². The smallest absolute Gasteiger partial charge is 0.245 e. The molecule has 76 valence electrons. The molecule has 0 aliphatic heterocycles. The van der Waals surface area contributed by atoms with Gasteiger partial charge in [-0.3, -0.25) is 9.63 Å². The highest BCUT2D eigenvalue weighted by Gasteiger charge is 2.18. The largest absolute Gasteiger partial charge is 0.368 e. The predicted octanol–water partition coefficient (Wildman–Crippen LogP) is 0.572. The van der Waals surface area contributed by atoms with Crippen LogP contribution in [0.25, 0.3) is 0 Å². The highest BCUT2D eigenvalue weighted by atomic mass is 16.6. The molecule has 0 radical (unpaired) electrons. The van der Waals surface area contributed by atoms with E-state index < -0.39 is 5.91 Å². The Morgan fingerprint density at radius 2 is 2.38 bits per heavy atom. The van der Waals surface area contributed by atoms with Crippen molar-refractivity contribution in [2.45, 2.75) is 38.6 Å². The second-order valence-electron chi connectivity index (χ2n) is 3.84. The molecule has 0 aromatic heterocycles. The van der Waals surface area contributed by atoms with Gasteiger partial charge in [0.05, 0.1) is 0 Å². The summed E-state index contributed by atoms with van der Waals surface area (Å²) >= 11 is 0. The molecule has 2 unspecified atom stereocenters. The zero-order valence-electron chi connectivity index (χ0n) is 8.08. The molecule has 0 aromatic carbocycles. The molecule has 0 saturated heterocycles. The van der Waals surface area contributed by atoms with Crippen molar-refractivity contribution in [3.05, 3.63) is 0 Å². The normalized spacial score (nSPS) is 28.7. The van der Waals surface area contributed by atoms with Crippen molar-refractivity contribution in [1.82, 2.24) is 5.48 Å². The van der Waals surface area contributed by atoms with Crippen LogP contribution in [0.4, 0.5) is 0 Å². The summed E-state index contributed by atoms with van der Waals surface area (Å²) in [7, 11) is 0. The number of carbonyl (C=O) groups is 1.